The van der Waals surface area contributed by atoms with Crippen LogP contribution in [0.2, 0.25) is 0 Å². The van der Waals surface area contributed by atoms with Crippen LogP contribution in [0.1, 0.15) is 22.7 Å². The third-order valence-electron chi connectivity index (χ3n) is 4.39. The van der Waals surface area contributed by atoms with Crippen molar-refractivity contribution in [1.82, 2.24) is 4.90 Å². The molecule has 0 aliphatic carbocycles. The van der Waals surface area contributed by atoms with Gasteiger partial charge >= 0.3 is 0 Å². The number of aryl methyl sites for hydroxylation is 2. The lowest BCUT2D eigenvalue weighted by atomic mass is 10.1. The Labute approximate surface area is 149 Å². The van der Waals surface area contributed by atoms with Gasteiger partial charge in [-0.2, -0.15) is 0 Å². The minimum Gasteiger partial charge on any atom is -0.497 e. The number of ether oxygens (including phenoxy) is 1. The van der Waals surface area contributed by atoms with Crippen molar-refractivity contribution >= 4 is 11.6 Å². The van der Waals surface area contributed by atoms with Crippen LogP contribution in [-0.2, 0) is 4.79 Å². The molecule has 0 radical (unpaired) electrons. The molecule has 5 heteroatoms. The van der Waals surface area contributed by atoms with Crippen LogP contribution in [-0.4, -0.2) is 43.2 Å². The molecule has 0 bridgehead atoms. The molecule has 0 aliphatic rings. The normalized spacial score (nSPS) is 12.1. The van der Waals surface area contributed by atoms with Crippen LogP contribution in [0.5, 0.6) is 5.75 Å². The Morgan fingerprint density at radius 2 is 1.84 bits per heavy atom. The van der Waals surface area contributed by atoms with Gasteiger partial charge in [0, 0.05) is 5.69 Å². The first-order valence-corrected chi connectivity index (χ1v) is 8.26. The molecule has 0 aromatic heterocycles. The fraction of sp³-hybridized carbons (Fsp3) is 0.350. The third-order valence-corrected chi connectivity index (χ3v) is 4.39. The first kappa shape index (κ1) is 19.0. The quantitative estimate of drug-likeness (QED) is 0.812. The lowest BCUT2D eigenvalue weighted by molar-refractivity contribution is -0.117. The lowest BCUT2D eigenvalue weighted by Crippen LogP contribution is -2.34. The highest BCUT2D eigenvalue weighted by atomic mass is 16.5. The average Bonchev–Trinajstić information content (AvgIpc) is 2.59. The van der Waals surface area contributed by atoms with Gasteiger partial charge in [0.2, 0.25) is 5.91 Å². The molecule has 2 aromatic rings. The van der Waals surface area contributed by atoms with Gasteiger partial charge < -0.3 is 15.2 Å². The largest absolute Gasteiger partial charge is 0.497 e. The van der Waals surface area contributed by atoms with Gasteiger partial charge in [0.05, 0.1) is 26.3 Å². The number of methoxy groups -OCH3 is 1. The molecule has 2 aromatic carbocycles. The molecule has 0 aliphatic heterocycles. The summed E-state index contributed by atoms with van der Waals surface area (Å²) in [6.45, 7) is 4.17. The standard InChI is InChI=1S/C20H26N2O3/c1-14-5-8-17(11-15(14)2)21-20(24)12-22(3)19(13-23)16-6-9-18(25-4)10-7-16/h5-11,19,23H,12-13H2,1-4H3,(H,21,24). The summed E-state index contributed by atoms with van der Waals surface area (Å²) in [6.07, 6.45) is 0. The highest BCUT2D eigenvalue weighted by Crippen LogP contribution is 2.22. The van der Waals surface area contributed by atoms with E-state index in [1.54, 1.807) is 7.11 Å². The van der Waals surface area contributed by atoms with E-state index in [1.165, 1.54) is 5.56 Å². The molecule has 0 heterocycles. The third kappa shape index (κ3) is 5.05. The molecule has 0 fully saturated rings. The average molecular weight is 342 g/mol. The maximum Gasteiger partial charge on any atom is 0.238 e. The number of benzene rings is 2. The van der Waals surface area contributed by atoms with Crippen LogP contribution in [0.15, 0.2) is 42.5 Å². The van der Waals surface area contributed by atoms with Crippen LogP contribution in [0.3, 0.4) is 0 Å². The van der Waals surface area contributed by atoms with Crippen LogP contribution in [0, 0.1) is 13.8 Å². The van der Waals surface area contributed by atoms with E-state index in [2.05, 4.69) is 5.32 Å². The predicted molar refractivity (Wildman–Crippen MR) is 100.0 cm³/mol. The fourth-order valence-corrected chi connectivity index (χ4v) is 2.68. The lowest BCUT2D eigenvalue weighted by Gasteiger charge is -2.26. The van der Waals surface area contributed by atoms with E-state index >= 15 is 0 Å². The van der Waals surface area contributed by atoms with E-state index in [9.17, 15) is 9.90 Å². The molecule has 2 N–H and O–H groups in total. The molecule has 1 atom stereocenters. The number of aliphatic hydroxyl groups excluding tert-OH is 1. The highest BCUT2D eigenvalue weighted by Gasteiger charge is 2.19. The number of carbonyl (C=O) groups excluding carboxylic acids is 1. The minimum absolute atomic E-state index is 0.0697. The van der Waals surface area contributed by atoms with Gasteiger partial charge in [-0.1, -0.05) is 18.2 Å². The molecule has 0 spiro atoms. The van der Waals surface area contributed by atoms with Crippen molar-refractivity contribution in [3.63, 3.8) is 0 Å². The van der Waals surface area contributed by atoms with Crippen molar-refractivity contribution < 1.29 is 14.6 Å². The van der Waals surface area contributed by atoms with Crippen molar-refractivity contribution in [3.8, 4) is 5.75 Å². The van der Waals surface area contributed by atoms with Crippen molar-refractivity contribution in [3.05, 3.63) is 59.2 Å². The molecule has 0 saturated carbocycles. The number of likely N-dealkylation sites (N-methyl/N-ethyl adjacent to an activating group) is 1. The van der Waals surface area contributed by atoms with Crippen LogP contribution < -0.4 is 10.1 Å². The smallest absolute Gasteiger partial charge is 0.238 e. The molecular formula is C20H26N2O3. The van der Waals surface area contributed by atoms with Crippen LogP contribution in [0.4, 0.5) is 5.69 Å². The zero-order valence-electron chi connectivity index (χ0n) is 15.2. The van der Waals surface area contributed by atoms with Crippen molar-refractivity contribution in [1.29, 1.82) is 0 Å². The number of amides is 1. The molecule has 5 nitrogen and oxygen atoms in total. The Bertz CT molecular complexity index is 713. The van der Waals surface area contributed by atoms with E-state index in [-0.39, 0.29) is 25.1 Å². The van der Waals surface area contributed by atoms with Crippen LogP contribution >= 0.6 is 0 Å². The number of hydrogen-bond donors (Lipinski definition) is 2. The number of anilines is 1. The summed E-state index contributed by atoms with van der Waals surface area (Å²) < 4.78 is 5.15. The molecule has 134 valence electrons. The summed E-state index contributed by atoms with van der Waals surface area (Å²) in [6, 6.07) is 13.1. The number of nitrogens with one attached hydrogen (secondary N) is 1. The maximum absolute atomic E-state index is 12.3. The Kier molecular flexibility index (Phi) is 6.56. The second-order valence-corrected chi connectivity index (χ2v) is 6.23. The first-order chi connectivity index (χ1) is 11.9. The molecule has 0 saturated heterocycles. The van der Waals surface area contributed by atoms with E-state index < -0.39 is 0 Å². The van der Waals surface area contributed by atoms with Gasteiger partial charge in [0.15, 0.2) is 0 Å². The number of aliphatic hydroxyl groups is 1. The monoisotopic (exact) mass is 342 g/mol. The van der Waals surface area contributed by atoms with Crippen molar-refractivity contribution in [2.75, 3.05) is 32.6 Å². The van der Waals surface area contributed by atoms with Gasteiger partial charge in [-0.25, -0.2) is 0 Å². The minimum atomic E-state index is -0.253. The molecular weight excluding hydrogens is 316 g/mol. The fourth-order valence-electron chi connectivity index (χ4n) is 2.68. The van der Waals surface area contributed by atoms with E-state index in [1.807, 2.05) is 68.3 Å². The summed E-state index contributed by atoms with van der Waals surface area (Å²) in [4.78, 5) is 14.1. The molecule has 25 heavy (non-hydrogen) atoms. The topological polar surface area (TPSA) is 61.8 Å². The van der Waals surface area contributed by atoms with Gasteiger partial charge in [-0.15, -0.1) is 0 Å². The number of hydrogen-bond acceptors (Lipinski definition) is 4. The summed E-state index contributed by atoms with van der Waals surface area (Å²) in [5.74, 6) is 0.647. The Balaban J connectivity index is 2.00. The SMILES string of the molecule is COc1ccc(C(CO)N(C)CC(=O)Nc2ccc(C)c(C)c2)cc1. The second-order valence-electron chi connectivity index (χ2n) is 6.23. The summed E-state index contributed by atoms with van der Waals surface area (Å²) in [5.41, 5.74) is 4.05. The predicted octanol–water partition coefficient (Wildman–Crippen LogP) is 2.92. The number of carbonyl (C=O) groups is 1. The van der Waals surface area contributed by atoms with Gasteiger partial charge in [-0.3, -0.25) is 9.69 Å². The Morgan fingerprint density at radius 3 is 2.40 bits per heavy atom. The molecule has 2 rings (SSSR count). The summed E-state index contributed by atoms with van der Waals surface area (Å²) >= 11 is 0. The maximum atomic E-state index is 12.3. The van der Waals surface area contributed by atoms with E-state index in [4.69, 9.17) is 4.74 Å². The van der Waals surface area contributed by atoms with E-state index in [0.29, 0.717) is 0 Å². The molecule has 1 unspecified atom stereocenters. The number of rotatable bonds is 7. The summed E-state index contributed by atoms with van der Waals surface area (Å²) in [5, 5.41) is 12.6. The summed E-state index contributed by atoms with van der Waals surface area (Å²) in [7, 11) is 3.44. The van der Waals surface area contributed by atoms with Gasteiger partial charge in [0.1, 0.15) is 5.75 Å². The highest BCUT2D eigenvalue weighted by molar-refractivity contribution is 5.92. The Morgan fingerprint density at radius 1 is 1.16 bits per heavy atom. The zero-order chi connectivity index (χ0) is 18.4. The van der Waals surface area contributed by atoms with Crippen molar-refractivity contribution in [2.45, 2.75) is 19.9 Å². The number of nitrogens with zero attached hydrogens (tertiary/aromatic N) is 1. The van der Waals surface area contributed by atoms with Gasteiger partial charge in [-0.05, 0) is 61.9 Å². The Hall–Kier alpha value is -2.37. The van der Waals surface area contributed by atoms with Gasteiger partial charge in [0.25, 0.3) is 0 Å². The second kappa shape index (κ2) is 8.65. The molecule has 1 amide bonds. The first-order valence-electron chi connectivity index (χ1n) is 8.26. The van der Waals surface area contributed by atoms with E-state index in [0.717, 1.165) is 22.6 Å². The van der Waals surface area contributed by atoms with Crippen LogP contribution in [0.25, 0.3) is 0 Å². The zero-order valence-corrected chi connectivity index (χ0v) is 15.2. The van der Waals surface area contributed by atoms with Crippen molar-refractivity contribution in [2.24, 2.45) is 0 Å².